The van der Waals surface area contributed by atoms with E-state index >= 15 is 0 Å². The Bertz CT molecular complexity index is 564. The van der Waals surface area contributed by atoms with Crippen molar-refractivity contribution in [3.63, 3.8) is 0 Å². The van der Waals surface area contributed by atoms with Crippen LogP contribution in [0, 0.1) is 0 Å². The number of hydrogen-bond acceptors (Lipinski definition) is 2. The van der Waals surface area contributed by atoms with Crippen LogP contribution in [0.25, 0.3) is 0 Å². The Morgan fingerprint density at radius 1 is 1.05 bits per heavy atom. The fourth-order valence-corrected chi connectivity index (χ4v) is 1.97. The molecule has 0 bridgehead atoms. The number of hydrogen-bond donors (Lipinski definition) is 0. The molecule has 19 heavy (non-hydrogen) atoms. The number of benzene rings is 2. The molecule has 3 nitrogen and oxygen atoms in total. The topological polar surface area (TPSA) is 29.5 Å². The maximum absolute atomic E-state index is 12.3. The van der Waals surface area contributed by atoms with Gasteiger partial charge in [0.05, 0.1) is 7.11 Å². The number of halogens is 1. The van der Waals surface area contributed by atoms with Crippen LogP contribution in [0.4, 0.5) is 5.69 Å². The van der Waals surface area contributed by atoms with E-state index in [-0.39, 0.29) is 5.91 Å². The van der Waals surface area contributed by atoms with Gasteiger partial charge in [-0.1, -0.05) is 15.9 Å². The lowest BCUT2D eigenvalue weighted by molar-refractivity contribution is 0.0993. The zero-order chi connectivity index (χ0) is 13.8. The fourth-order valence-electron chi connectivity index (χ4n) is 1.71. The molecule has 0 radical (unpaired) electrons. The summed E-state index contributed by atoms with van der Waals surface area (Å²) in [6, 6.07) is 14.7. The number of ether oxygens (including phenoxy) is 1. The predicted molar refractivity (Wildman–Crippen MR) is 79.9 cm³/mol. The maximum Gasteiger partial charge on any atom is 0.258 e. The molecule has 0 N–H and O–H groups in total. The number of methoxy groups -OCH3 is 1. The number of carbonyl (C=O) groups is 1. The van der Waals surface area contributed by atoms with Gasteiger partial charge in [0.2, 0.25) is 0 Å². The quantitative estimate of drug-likeness (QED) is 0.862. The van der Waals surface area contributed by atoms with E-state index in [0.29, 0.717) is 5.56 Å². The average molecular weight is 320 g/mol. The first-order valence-electron chi connectivity index (χ1n) is 5.79. The van der Waals surface area contributed by atoms with Crippen molar-refractivity contribution < 1.29 is 9.53 Å². The summed E-state index contributed by atoms with van der Waals surface area (Å²) in [7, 11) is 3.37. The molecular weight excluding hydrogens is 306 g/mol. The molecule has 2 aromatic carbocycles. The second-order valence-electron chi connectivity index (χ2n) is 4.07. The molecule has 0 atom stereocenters. The third kappa shape index (κ3) is 3.15. The molecule has 0 unspecified atom stereocenters. The fraction of sp³-hybridized carbons (Fsp3) is 0.133. The standard InChI is InChI=1S/C15H14BrNO2/c1-17(13-7-9-14(19-2)10-8-13)15(18)11-3-5-12(16)6-4-11/h3-10H,1-2H3. The van der Waals surface area contributed by atoms with Crippen molar-refractivity contribution in [2.45, 2.75) is 0 Å². The molecule has 0 saturated heterocycles. The van der Waals surface area contributed by atoms with Crippen LogP contribution in [0.15, 0.2) is 53.0 Å². The number of anilines is 1. The van der Waals surface area contributed by atoms with Crippen LogP contribution in [0.3, 0.4) is 0 Å². The van der Waals surface area contributed by atoms with Crippen LogP contribution in [0.1, 0.15) is 10.4 Å². The summed E-state index contributed by atoms with van der Waals surface area (Å²) in [4.78, 5) is 13.9. The largest absolute Gasteiger partial charge is 0.497 e. The first kappa shape index (κ1) is 13.6. The molecule has 0 fully saturated rings. The minimum Gasteiger partial charge on any atom is -0.497 e. The first-order chi connectivity index (χ1) is 9.11. The lowest BCUT2D eigenvalue weighted by atomic mass is 10.2. The van der Waals surface area contributed by atoms with Gasteiger partial charge in [0.25, 0.3) is 5.91 Å². The summed E-state index contributed by atoms with van der Waals surface area (Å²) in [5.41, 5.74) is 1.48. The van der Waals surface area contributed by atoms with Crippen LogP contribution in [0.2, 0.25) is 0 Å². The van der Waals surface area contributed by atoms with Crippen molar-refractivity contribution in [3.8, 4) is 5.75 Å². The van der Waals surface area contributed by atoms with Crippen molar-refractivity contribution in [3.05, 3.63) is 58.6 Å². The Morgan fingerprint density at radius 2 is 1.63 bits per heavy atom. The highest BCUT2D eigenvalue weighted by molar-refractivity contribution is 9.10. The highest BCUT2D eigenvalue weighted by Crippen LogP contribution is 2.20. The minimum absolute atomic E-state index is 0.0438. The van der Waals surface area contributed by atoms with Crippen molar-refractivity contribution in [2.75, 3.05) is 19.1 Å². The summed E-state index contributed by atoms with van der Waals surface area (Å²) >= 11 is 3.35. The van der Waals surface area contributed by atoms with E-state index < -0.39 is 0 Å². The van der Waals surface area contributed by atoms with Crippen molar-refractivity contribution in [1.29, 1.82) is 0 Å². The van der Waals surface area contributed by atoms with E-state index in [9.17, 15) is 4.79 Å². The number of carbonyl (C=O) groups excluding carboxylic acids is 1. The molecule has 0 spiro atoms. The molecule has 1 amide bonds. The third-order valence-electron chi connectivity index (χ3n) is 2.86. The van der Waals surface area contributed by atoms with Gasteiger partial charge in [0.15, 0.2) is 0 Å². The van der Waals surface area contributed by atoms with Gasteiger partial charge >= 0.3 is 0 Å². The van der Waals surface area contributed by atoms with Gasteiger partial charge in [-0.25, -0.2) is 0 Å². The molecule has 0 aromatic heterocycles. The van der Waals surface area contributed by atoms with E-state index in [2.05, 4.69) is 15.9 Å². The molecule has 2 aromatic rings. The average Bonchev–Trinajstić information content (AvgIpc) is 2.46. The lowest BCUT2D eigenvalue weighted by Gasteiger charge is -2.17. The third-order valence-corrected chi connectivity index (χ3v) is 3.38. The SMILES string of the molecule is COc1ccc(N(C)C(=O)c2ccc(Br)cc2)cc1. The molecule has 0 heterocycles. The Balaban J connectivity index is 2.20. The van der Waals surface area contributed by atoms with Crippen molar-refractivity contribution >= 4 is 27.5 Å². The molecule has 98 valence electrons. The number of amides is 1. The van der Waals surface area contributed by atoms with Crippen LogP contribution >= 0.6 is 15.9 Å². The van der Waals surface area contributed by atoms with E-state index in [4.69, 9.17) is 4.74 Å². The van der Waals surface area contributed by atoms with Gasteiger partial charge in [-0.05, 0) is 48.5 Å². The highest BCUT2D eigenvalue weighted by Gasteiger charge is 2.13. The van der Waals surface area contributed by atoms with Crippen LogP contribution in [-0.2, 0) is 0 Å². The smallest absolute Gasteiger partial charge is 0.258 e. The van der Waals surface area contributed by atoms with Gasteiger partial charge in [0.1, 0.15) is 5.75 Å². The summed E-state index contributed by atoms with van der Waals surface area (Å²) < 4.78 is 6.05. The predicted octanol–water partition coefficient (Wildman–Crippen LogP) is 3.73. The van der Waals surface area contributed by atoms with Crippen molar-refractivity contribution in [2.24, 2.45) is 0 Å². The number of rotatable bonds is 3. The first-order valence-corrected chi connectivity index (χ1v) is 6.59. The molecule has 0 aliphatic heterocycles. The zero-order valence-electron chi connectivity index (χ0n) is 10.8. The second kappa shape index (κ2) is 5.89. The van der Waals surface area contributed by atoms with Crippen LogP contribution in [-0.4, -0.2) is 20.1 Å². The van der Waals surface area contributed by atoms with Crippen molar-refractivity contribution in [1.82, 2.24) is 0 Å². The highest BCUT2D eigenvalue weighted by atomic mass is 79.9. The van der Waals surface area contributed by atoms with Gasteiger partial charge in [-0.15, -0.1) is 0 Å². The van der Waals surface area contributed by atoms with Gasteiger partial charge in [0, 0.05) is 22.8 Å². The number of nitrogens with zero attached hydrogens (tertiary/aromatic N) is 1. The molecule has 0 aliphatic rings. The van der Waals surface area contributed by atoms with Crippen LogP contribution in [0.5, 0.6) is 5.75 Å². The lowest BCUT2D eigenvalue weighted by Crippen LogP contribution is -2.26. The van der Waals surface area contributed by atoms with Crippen LogP contribution < -0.4 is 9.64 Å². The molecule has 0 aliphatic carbocycles. The summed E-state index contributed by atoms with van der Waals surface area (Å²) in [6.07, 6.45) is 0. The van der Waals surface area contributed by atoms with Gasteiger partial charge < -0.3 is 9.64 Å². The van der Waals surface area contributed by atoms with E-state index in [0.717, 1.165) is 15.9 Å². The Hall–Kier alpha value is -1.81. The molecular formula is C15H14BrNO2. The Morgan fingerprint density at radius 3 is 2.16 bits per heavy atom. The summed E-state index contributed by atoms with van der Waals surface area (Å²) in [5.74, 6) is 0.728. The molecule has 2 rings (SSSR count). The summed E-state index contributed by atoms with van der Waals surface area (Å²) in [6.45, 7) is 0. The maximum atomic E-state index is 12.3. The minimum atomic E-state index is -0.0438. The molecule has 4 heteroatoms. The van der Waals surface area contributed by atoms with E-state index in [1.165, 1.54) is 0 Å². The Labute approximate surface area is 120 Å². The monoisotopic (exact) mass is 319 g/mol. The van der Waals surface area contributed by atoms with E-state index in [1.807, 2.05) is 36.4 Å². The molecule has 0 saturated carbocycles. The van der Waals surface area contributed by atoms with Gasteiger partial charge in [-0.3, -0.25) is 4.79 Å². The normalized spacial score (nSPS) is 10.1. The Kier molecular flexibility index (Phi) is 4.22. The second-order valence-corrected chi connectivity index (χ2v) is 4.98. The zero-order valence-corrected chi connectivity index (χ0v) is 12.3. The van der Waals surface area contributed by atoms with E-state index in [1.54, 1.807) is 31.2 Å². The van der Waals surface area contributed by atoms with Gasteiger partial charge in [-0.2, -0.15) is 0 Å². The summed E-state index contributed by atoms with van der Waals surface area (Å²) in [5, 5.41) is 0.